The van der Waals surface area contributed by atoms with E-state index in [1.54, 1.807) is 0 Å². The molecule has 0 amide bonds. The first-order valence-electron chi connectivity index (χ1n) is 20.3. The van der Waals surface area contributed by atoms with Gasteiger partial charge in [-0.15, -0.1) is 0 Å². The SMILES string of the molecule is Cc1cc(P(c2cc(C)c(C)c(C)c2)c2cc(C)c(C)c(C)c2)cc(C)c1C.Cc1cc(P(c2cc(C)c(C)c(C)c2)c2cc(C)c(C)c(C)c2)cc(C)c1C.[Cl-].[Cl-].[Co+2]. The third-order valence-electron chi connectivity index (χ3n) is 13.0. The van der Waals surface area contributed by atoms with Crippen LogP contribution < -0.4 is 56.6 Å². The van der Waals surface area contributed by atoms with Gasteiger partial charge in [0.05, 0.1) is 0 Å². The molecule has 0 heterocycles. The molecule has 0 aromatic heterocycles. The molecule has 0 aliphatic heterocycles. The summed E-state index contributed by atoms with van der Waals surface area (Å²) < 4.78 is 0. The fraction of sp³-hybridized carbons (Fsp3) is 0.333. The summed E-state index contributed by atoms with van der Waals surface area (Å²) in [6.45, 7) is 40.4. The zero-order valence-electron chi connectivity index (χ0n) is 38.9. The van der Waals surface area contributed by atoms with E-state index in [1.165, 1.54) is 132 Å². The molecule has 6 aromatic carbocycles. The molecule has 0 unspecified atom stereocenters. The van der Waals surface area contributed by atoms with Crippen molar-refractivity contribution in [1.29, 1.82) is 0 Å². The Morgan fingerprint density at radius 3 is 0.373 bits per heavy atom. The summed E-state index contributed by atoms with van der Waals surface area (Å²) in [5.41, 5.74) is 25.2. The fourth-order valence-electron chi connectivity index (χ4n) is 7.75. The Morgan fingerprint density at radius 1 is 0.203 bits per heavy atom. The Labute approximate surface area is 384 Å². The average molecular weight is 907 g/mol. The number of aryl methyl sites for hydroxylation is 12. The van der Waals surface area contributed by atoms with Crippen molar-refractivity contribution in [2.24, 2.45) is 0 Å². The van der Waals surface area contributed by atoms with E-state index in [2.05, 4.69) is 197 Å². The topological polar surface area (TPSA) is 0 Å². The zero-order valence-corrected chi connectivity index (χ0v) is 43.3. The number of benzene rings is 6. The minimum absolute atomic E-state index is 0. The van der Waals surface area contributed by atoms with Crippen LogP contribution >= 0.6 is 15.8 Å². The predicted octanol–water partition coefficient (Wildman–Crippen LogP) is 6.45. The molecule has 1 radical (unpaired) electrons. The van der Waals surface area contributed by atoms with Gasteiger partial charge >= 0.3 is 16.8 Å². The second-order valence-electron chi connectivity index (χ2n) is 16.9. The third kappa shape index (κ3) is 11.4. The van der Waals surface area contributed by atoms with E-state index < -0.39 is 15.8 Å². The van der Waals surface area contributed by atoms with Crippen LogP contribution in [0.3, 0.4) is 0 Å². The minimum atomic E-state index is -0.580. The second-order valence-corrected chi connectivity index (χ2v) is 21.3. The van der Waals surface area contributed by atoms with E-state index in [0.29, 0.717) is 0 Å². The molecule has 0 aliphatic rings. The van der Waals surface area contributed by atoms with Gasteiger partial charge in [0.2, 0.25) is 0 Å². The average Bonchev–Trinajstić information content (AvgIpc) is 3.12. The number of hydrogen-bond donors (Lipinski definition) is 0. The molecule has 0 fully saturated rings. The van der Waals surface area contributed by atoms with Gasteiger partial charge in [-0.05, 0) is 272 Å². The van der Waals surface area contributed by atoms with Gasteiger partial charge in [0.25, 0.3) is 0 Å². The van der Waals surface area contributed by atoms with Gasteiger partial charge in [-0.25, -0.2) is 0 Å². The van der Waals surface area contributed by atoms with Crippen molar-refractivity contribution in [3.05, 3.63) is 173 Å². The summed E-state index contributed by atoms with van der Waals surface area (Å²) in [4.78, 5) is 0. The first-order chi connectivity index (χ1) is 26.2. The maximum absolute atomic E-state index is 2.42. The van der Waals surface area contributed by atoms with Gasteiger partial charge in [0, 0.05) is 0 Å². The van der Waals surface area contributed by atoms with Crippen molar-refractivity contribution in [1.82, 2.24) is 0 Å². The summed E-state index contributed by atoms with van der Waals surface area (Å²) >= 11 is 0. The molecule has 0 atom stereocenters. The molecule has 6 rings (SSSR count). The quantitative estimate of drug-likeness (QED) is 0.169. The van der Waals surface area contributed by atoms with Gasteiger partial charge in [0.1, 0.15) is 0 Å². The molecule has 315 valence electrons. The zero-order chi connectivity index (χ0) is 41.5. The third-order valence-corrected chi connectivity index (χ3v) is 17.7. The van der Waals surface area contributed by atoms with Gasteiger partial charge in [-0.2, -0.15) is 0 Å². The van der Waals surface area contributed by atoms with Crippen molar-refractivity contribution in [3.63, 3.8) is 0 Å². The molecule has 59 heavy (non-hydrogen) atoms. The van der Waals surface area contributed by atoms with E-state index >= 15 is 0 Å². The van der Waals surface area contributed by atoms with Gasteiger partial charge in [-0.3, -0.25) is 0 Å². The molecule has 6 aromatic rings. The maximum atomic E-state index is 2.42. The van der Waals surface area contributed by atoms with Crippen LogP contribution in [0.1, 0.15) is 100 Å². The Bertz CT molecular complexity index is 1890. The molecule has 0 saturated heterocycles. The number of hydrogen-bond acceptors (Lipinski definition) is 0. The largest absolute Gasteiger partial charge is 2.00 e. The van der Waals surface area contributed by atoms with E-state index in [1.807, 2.05) is 0 Å². The molecule has 0 bridgehead atoms. The summed E-state index contributed by atoms with van der Waals surface area (Å²) in [6.07, 6.45) is 0. The summed E-state index contributed by atoms with van der Waals surface area (Å²) in [7, 11) is -1.16. The van der Waals surface area contributed by atoms with Crippen LogP contribution in [0.4, 0.5) is 0 Å². The van der Waals surface area contributed by atoms with Crippen molar-refractivity contribution in [2.75, 3.05) is 0 Å². The molecule has 0 nitrogen and oxygen atoms in total. The molecule has 0 N–H and O–H groups in total. The maximum Gasteiger partial charge on any atom is 2.00 e. The van der Waals surface area contributed by atoms with Crippen LogP contribution in [0.5, 0.6) is 0 Å². The monoisotopic (exact) mass is 905 g/mol. The van der Waals surface area contributed by atoms with Crippen LogP contribution in [0.25, 0.3) is 0 Å². The molecule has 0 spiro atoms. The van der Waals surface area contributed by atoms with Crippen molar-refractivity contribution in [2.45, 2.75) is 125 Å². The van der Waals surface area contributed by atoms with Crippen LogP contribution in [0, 0.1) is 125 Å². The van der Waals surface area contributed by atoms with Gasteiger partial charge in [0.15, 0.2) is 0 Å². The van der Waals surface area contributed by atoms with E-state index in [-0.39, 0.29) is 41.6 Å². The van der Waals surface area contributed by atoms with Crippen molar-refractivity contribution >= 4 is 47.7 Å². The van der Waals surface area contributed by atoms with Crippen molar-refractivity contribution in [3.8, 4) is 0 Å². The minimum Gasteiger partial charge on any atom is -1.00 e. The van der Waals surface area contributed by atoms with E-state index in [0.717, 1.165) is 0 Å². The van der Waals surface area contributed by atoms with Crippen LogP contribution in [-0.4, -0.2) is 0 Å². The van der Waals surface area contributed by atoms with E-state index in [4.69, 9.17) is 0 Å². The Balaban J connectivity index is 0.000000387. The molecule has 0 aliphatic carbocycles. The fourth-order valence-corrected chi connectivity index (χ4v) is 13.4. The van der Waals surface area contributed by atoms with Gasteiger partial charge in [-0.1, -0.05) is 72.8 Å². The summed E-state index contributed by atoms with van der Waals surface area (Å²) in [5.74, 6) is 0. The van der Waals surface area contributed by atoms with Crippen LogP contribution in [0.2, 0.25) is 0 Å². The number of rotatable bonds is 6. The molecule has 5 heteroatoms. The summed E-state index contributed by atoms with van der Waals surface area (Å²) in [5, 5.41) is 8.76. The predicted molar refractivity (Wildman–Crippen MR) is 256 cm³/mol. The molecular formula is C54H66Cl2CoP2. The standard InChI is InChI=1S/2C27H33P.2ClH.Co/c2*1-16-10-25(11-17(2)22(16)7)28(26-12-18(3)23(8)19(4)13-26)27-14-20(5)24(9)21(6)15-27;;;/h2*10-15H,1-9H3;2*1H;/q;;;;+2/p-2. The first-order valence-corrected chi connectivity index (χ1v) is 23.0. The first kappa shape index (κ1) is 52.4. The smallest absolute Gasteiger partial charge is 1.00 e. The van der Waals surface area contributed by atoms with Gasteiger partial charge < -0.3 is 24.8 Å². The summed E-state index contributed by atoms with van der Waals surface area (Å²) in [6, 6.07) is 29.0. The Kier molecular flexibility index (Phi) is 19.0. The second kappa shape index (κ2) is 21.4. The van der Waals surface area contributed by atoms with E-state index in [9.17, 15) is 0 Å². The van der Waals surface area contributed by atoms with Crippen LogP contribution in [-0.2, 0) is 16.8 Å². The van der Waals surface area contributed by atoms with Crippen LogP contribution in [0.15, 0.2) is 72.8 Å². The normalized spacial score (nSPS) is 10.8. The van der Waals surface area contributed by atoms with Crippen molar-refractivity contribution < 1.29 is 41.6 Å². The number of halogens is 2. The Morgan fingerprint density at radius 2 is 0.288 bits per heavy atom. The molecular weight excluding hydrogens is 840 g/mol. The molecule has 0 saturated carbocycles. The Hall–Kier alpha value is -2.73.